The van der Waals surface area contributed by atoms with Gasteiger partial charge in [-0.2, -0.15) is 4.31 Å². The molecule has 21 heavy (non-hydrogen) atoms. The second-order valence-corrected chi connectivity index (χ2v) is 6.32. The first-order valence-corrected chi connectivity index (χ1v) is 7.72. The molecule has 1 amide bonds. The van der Waals surface area contributed by atoms with Crippen LogP contribution in [0, 0.1) is 0 Å². The lowest BCUT2D eigenvalue weighted by Crippen LogP contribution is -2.40. The van der Waals surface area contributed by atoms with Crippen LogP contribution >= 0.6 is 0 Å². The first-order chi connectivity index (χ1) is 9.82. The minimum atomic E-state index is -4.03. The quantitative estimate of drug-likeness (QED) is 0.327. The molecule has 1 rings (SSSR count). The molecule has 0 heterocycles. The number of sulfonamides is 1. The number of benzene rings is 1. The summed E-state index contributed by atoms with van der Waals surface area (Å²) in [5, 5.41) is 27.1. The highest BCUT2D eigenvalue weighted by molar-refractivity contribution is 7.89. The number of hydroxylamine groups is 1. The maximum absolute atomic E-state index is 12.4. The third-order valence-corrected chi connectivity index (χ3v) is 4.63. The van der Waals surface area contributed by atoms with Gasteiger partial charge in [0.2, 0.25) is 10.0 Å². The minimum Gasteiger partial charge on any atom is -0.504 e. The van der Waals surface area contributed by atoms with Gasteiger partial charge >= 0.3 is 0 Å². The fourth-order valence-electron chi connectivity index (χ4n) is 1.63. The summed E-state index contributed by atoms with van der Waals surface area (Å²) in [7, 11) is -4.03. The molecule has 0 radical (unpaired) electrons. The van der Waals surface area contributed by atoms with E-state index >= 15 is 0 Å². The van der Waals surface area contributed by atoms with Gasteiger partial charge in [-0.25, -0.2) is 13.9 Å². The van der Waals surface area contributed by atoms with Crippen LogP contribution in [-0.2, 0) is 14.8 Å². The van der Waals surface area contributed by atoms with E-state index in [1.54, 1.807) is 0 Å². The molecule has 118 valence electrons. The number of rotatable bonds is 7. The fraction of sp³-hybridized carbons (Fsp3) is 0.417. The first kappa shape index (κ1) is 17.2. The summed E-state index contributed by atoms with van der Waals surface area (Å²) in [4.78, 5) is 11.0. The number of carbonyl (C=O) groups excluding carboxylic acids is 1. The van der Waals surface area contributed by atoms with E-state index < -0.39 is 34.0 Å². The Hall–Kier alpha value is -1.84. The van der Waals surface area contributed by atoms with E-state index in [4.69, 9.17) is 5.21 Å². The van der Waals surface area contributed by atoms with Gasteiger partial charge in [0.05, 0.1) is 11.4 Å². The number of nitrogens with zero attached hydrogens (tertiary/aromatic N) is 1. The number of hydrogen-bond acceptors (Lipinski definition) is 6. The van der Waals surface area contributed by atoms with Crippen molar-refractivity contribution in [3.63, 3.8) is 0 Å². The molecule has 0 bridgehead atoms. The van der Waals surface area contributed by atoms with Crippen molar-refractivity contribution in [2.75, 3.05) is 13.1 Å². The van der Waals surface area contributed by atoms with Crippen LogP contribution in [0.3, 0.4) is 0 Å². The lowest BCUT2D eigenvalue weighted by atomic mass is 10.3. The Bertz CT molecular complexity index is 602. The molecule has 0 aliphatic heterocycles. The molecule has 0 spiro atoms. The summed E-state index contributed by atoms with van der Waals surface area (Å²) in [5.41, 5.74) is 1.38. The van der Waals surface area contributed by atoms with Crippen LogP contribution in [-0.4, -0.2) is 47.1 Å². The lowest BCUT2D eigenvalue weighted by molar-refractivity contribution is -0.129. The van der Waals surface area contributed by atoms with Crippen molar-refractivity contribution in [1.82, 2.24) is 9.79 Å². The average Bonchev–Trinajstić information content (AvgIpc) is 2.45. The van der Waals surface area contributed by atoms with Crippen LogP contribution in [0.1, 0.15) is 19.8 Å². The molecule has 4 N–H and O–H groups in total. The van der Waals surface area contributed by atoms with E-state index in [1.807, 2.05) is 6.92 Å². The van der Waals surface area contributed by atoms with Gasteiger partial charge in [0.15, 0.2) is 11.5 Å². The zero-order chi connectivity index (χ0) is 16.0. The molecule has 8 nitrogen and oxygen atoms in total. The van der Waals surface area contributed by atoms with Crippen molar-refractivity contribution in [3.05, 3.63) is 18.2 Å². The highest BCUT2D eigenvalue weighted by Crippen LogP contribution is 2.28. The Morgan fingerprint density at radius 2 is 1.95 bits per heavy atom. The topological polar surface area (TPSA) is 127 Å². The van der Waals surface area contributed by atoms with Gasteiger partial charge < -0.3 is 10.2 Å². The van der Waals surface area contributed by atoms with E-state index in [9.17, 15) is 23.4 Å². The second-order valence-electron chi connectivity index (χ2n) is 4.38. The zero-order valence-corrected chi connectivity index (χ0v) is 12.3. The summed E-state index contributed by atoms with van der Waals surface area (Å²) in [6.07, 6.45) is 1.25. The van der Waals surface area contributed by atoms with Crippen LogP contribution < -0.4 is 5.48 Å². The Morgan fingerprint density at radius 3 is 2.48 bits per heavy atom. The van der Waals surface area contributed by atoms with Gasteiger partial charge in [0, 0.05) is 12.6 Å². The first-order valence-electron chi connectivity index (χ1n) is 6.28. The van der Waals surface area contributed by atoms with Gasteiger partial charge in [-0.1, -0.05) is 13.3 Å². The van der Waals surface area contributed by atoms with Gasteiger partial charge in [-0.05, 0) is 18.6 Å². The van der Waals surface area contributed by atoms with Gasteiger partial charge in [0.25, 0.3) is 5.91 Å². The maximum Gasteiger partial charge on any atom is 0.258 e. The molecule has 0 aromatic heterocycles. The van der Waals surface area contributed by atoms with E-state index in [2.05, 4.69) is 0 Å². The van der Waals surface area contributed by atoms with Crippen LogP contribution in [0.15, 0.2) is 23.1 Å². The van der Waals surface area contributed by atoms with Gasteiger partial charge in [-0.15, -0.1) is 0 Å². The number of phenolic OH excluding ortho intramolecular Hbond substituents is 2. The summed E-state index contributed by atoms with van der Waals surface area (Å²) >= 11 is 0. The molecule has 0 saturated heterocycles. The van der Waals surface area contributed by atoms with Crippen molar-refractivity contribution < 1.29 is 28.6 Å². The molecular weight excluding hydrogens is 300 g/mol. The maximum atomic E-state index is 12.4. The molecule has 9 heteroatoms. The SMILES string of the molecule is CCCCN(CC(=O)NO)S(=O)(=O)c1ccc(O)c(O)c1. The number of nitrogens with one attached hydrogen (secondary N) is 1. The number of carbonyl (C=O) groups is 1. The highest BCUT2D eigenvalue weighted by Gasteiger charge is 2.26. The van der Waals surface area contributed by atoms with E-state index in [-0.39, 0.29) is 11.4 Å². The van der Waals surface area contributed by atoms with E-state index in [1.165, 1.54) is 5.48 Å². The molecule has 0 atom stereocenters. The van der Waals surface area contributed by atoms with E-state index in [0.29, 0.717) is 12.8 Å². The van der Waals surface area contributed by atoms with Crippen molar-refractivity contribution in [2.24, 2.45) is 0 Å². The average molecular weight is 318 g/mol. The minimum absolute atomic E-state index is 0.0912. The Kier molecular flexibility index (Phi) is 5.94. The van der Waals surface area contributed by atoms with Gasteiger partial charge in [0.1, 0.15) is 0 Å². The molecular formula is C12H18N2O6S. The normalized spacial score (nSPS) is 11.6. The van der Waals surface area contributed by atoms with Crippen LogP contribution in [0.5, 0.6) is 11.5 Å². The standard InChI is InChI=1S/C12H18N2O6S/c1-2-3-6-14(8-12(17)13-18)21(19,20)9-4-5-10(15)11(16)7-9/h4-5,7,15-16,18H,2-3,6,8H2,1H3,(H,13,17). The fourth-order valence-corrected chi connectivity index (χ4v) is 3.08. The highest BCUT2D eigenvalue weighted by atomic mass is 32.2. The third kappa shape index (κ3) is 4.31. The molecule has 1 aromatic rings. The Balaban J connectivity index is 3.12. The molecule has 0 fully saturated rings. The van der Waals surface area contributed by atoms with Crippen LogP contribution in [0.25, 0.3) is 0 Å². The van der Waals surface area contributed by atoms with Crippen molar-refractivity contribution in [2.45, 2.75) is 24.7 Å². The van der Waals surface area contributed by atoms with Crippen LogP contribution in [0.4, 0.5) is 0 Å². The number of unbranched alkanes of at least 4 members (excludes halogenated alkanes) is 1. The largest absolute Gasteiger partial charge is 0.504 e. The van der Waals surface area contributed by atoms with Crippen molar-refractivity contribution in [1.29, 1.82) is 0 Å². The molecule has 0 saturated carbocycles. The number of aromatic hydroxyl groups is 2. The van der Waals surface area contributed by atoms with Gasteiger partial charge in [-0.3, -0.25) is 10.0 Å². The summed E-state index contributed by atoms with van der Waals surface area (Å²) in [6, 6.07) is 3.08. The summed E-state index contributed by atoms with van der Waals surface area (Å²) < 4.78 is 25.7. The monoisotopic (exact) mass is 318 g/mol. The molecule has 0 unspecified atom stereocenters. The van der Waals surface area contributed by atoms with Crippen LogP contribution in [0.2, 0.25) is 0 Å². The molecule has 0 aliphatic carbocycles. The lowest BCUT2D eigenvalue weighted by Gasteiger charge is -2.21. The van der Waals surface area contributed by atoms with Crippen molar-refractivity contribution >= 4 is 15.9 Å². The second kappa shape index (κ2) is 7.25. The predicted molar refractivity (Wildman–Crippen MR) is 73.4 cm³/mol. The Labute approximate surface area is 122 Å². The summed E-state index contributed by atoms with van der Waals surface area (Å²) in [5.74, 6) is -1.88. The Morgan fingerprint density at radius 1 is 1.29 bits per heavy atom. The molecule has 0 aliphatic rings. The van der Waals surface area contributed by atoms with E-state index in [0.717, 1.165) is 22.5 Å². The number of phenols is 2. The number of hydrogen-bond donors (Lipinski definition) is 4. The van der Waals surface area contributed by atoms with Crippen molar-refractivity contribution in [3.8, 4) is 11.5 Å². The predicted octanol–water partition coefficient (Wildman–Crippen LogP) is 0.394. The third-order valence-electron chi connectivity index (χ3n) is 2.79. The summed E-state index contributed by atoms with van der Waals surface area (Å²) in [6.45, 7) is 1.41. The molecule has 1 aromatic carbocycles. The zero-order valence-electron chi connectivity index (χ0n) is 11.5. The number of amides is 1. The smallest absolute Gasteiger partial charge is 0.258 e.